The van der Waals surface area contributed by atoms with Crippen LogP contribution in [-0.4, -0.2) is 42.4 Å². The standard InChI is InChI=1S/C17H22N2O4SSi/c1-22-12-8-13-11(7-14(24-13)17(20)21)15-16(12)19(9-18-15)10-23-5-6-25(2,3)4/h7-9H,5-6,10H2,1-4H3,(H,20,21). The minimum Gasteiger partial charge on any atom is -0.494 e. The molecule has 0 fully saturated rings. The number of aromatic nitrogens is 2. The maximum absolute atomic E-state index is 11.3. The fourth-order valence-corrected chi connectivity index (χ4v) is 4.31. The van der Waals surface area contributed by atoms with Crippen LogP contribution in [0, 0.1) is 0 Å². The summed E-state index contributed by atoms with van der Waals surface area (Å²) >= 11 is 1.23. The van der Waals surface area contributed by atoms with Gasteiger partial charge in [-0.05, 0) is 12.1 Å². The van der Waals surface area contributed by atoms with Gasteiger partial charge in [0.05, 0.1) is 13.4 Å². The molecule has 1 N–H and O–H groups in total. The van der Waals surface area contributed by atoms with Crippen molar-refractivity contribution in [1.82, 2.24) is 9.55 Å². The molecule has 6 nitrogen and oxygen atoms in total. The average Bonchev–Trinajstić information content (AvgIpc) is 3.13. The van der Waals surface area contributed by atoms with Crippen LogP contribution < -0.4 is 4.74 Å². The molecule has 0 aliphatic heterocycles. The Labute approximate surface area is 151 Å². The van der Waals surface area contributed by atoms with Crippen molar-refractivity contribution in [3.63, 3.8) is 0 Å². The smallest absolute Gasteiger partial charge is 0.345 e. The summed E-state index contributed by atoms with van der Waals surface area (Å²) in [5, 5.41) is 10.1. The highest BCUT2D eigenvalue weighted by Crippen LogP contribution is 2.37. The Kier molecular flexibility index (Phi) is 4.85. The van der Waals surface area contributed by atoms with Gasteiger partial charge in [0, 0.05) is 30.8 Å². The van der Waals surface area contributed by atoms with Gasteiger partial charge in [-0.15, -0.1) is 11.3 Å². The van der Waals surface area contributed by atoms with Crippen LogP contribution in [0.1, 0.15) is 9.67 Å². The number of nitrogens with zero attached hydrogens (tertiary/aromatic N) is 2. The Morgan fingerprint density at radius 3 is 2.76 bits per heavy atom. The number of thiophene rings is 1. The number of aromatic carboxylic acids is 1. The zero-order valence-corrected chi connectivity index (χ0v) is 16.6. The van der Waals surface area contributed by atoms with Crippen LogP contribution in [0.3, 0.4) is 0 Å². The Balaban J connectivity index is 1.95. The Morgan fingerprint density at radius 2 is 2.12 bits per heavy atom. The van der Waals surface area contributed by atoms with Gasteiger partial charge >= 0.3 is 5.97 Å². The minimum absolute atomic E-state index is 0.297. The number of imidazole rings is 1. The lowest BCUT2D eigenvalue weighted by molar-refractivity contribution is 0.0702. The highest BCUT2D eigenvalue weighted by molar-refractivity contribution is 7.20. The fourth-order valence-electron chi connectivity index (χ4n) is 2.62. The molecule has 0 unspecified atom stereocenters. The Hall–Kier alpha value is -1.90. The van der Waals surface area contributed by atoms with E-state index in [0.717, 1.165) is 33.8 Å². The number of rotatable bonds is 7. The number of methoxy groups -OCH3 is 1. The van der Waals surface area contributed by atoms with E-state index >= 15 is 0 Å². The molecule has 0 atom stereocenters. The van der Waals surface area contributed by atoms with Gasteiger partial charge < -0.3 is 19.1 Å². The van der Waals surface area contributed by atoms with Gasteiger partial charge in [0.25, 0.3) is 0 Å². The maximum atomic E-state index is 11.3. The molecule has 0 radical (unpaired) electrons. The molecule has 0 spiro atoms. The SMILES string of the molecule is COc1cc2sc(C(=O)O)cc2c2ncn(COCC[Si](C)(C)C)c12. The number of carboxylic acid groups (broad SMARTS) is 1. The first kappa shape index (κ1) is 17.9. The Bertz CT molecular complexity index is 926. The third-order valence-electron chi connectivity index (χ3n) is 4.01. The summed E-state index contributed by atoms with van der Waals surface area (Å²) in [4.78, 5) is 16.0. The quantitative estimate of drug-likeness (QED) is 0.491. The van der Waals surface area contributed by atoms with Crippen LogP contribution in [0.25, 0.3) is 21.1 Å². The molecular weight excluding hydrogens is 356 g/mol. The molecule has 0 aliphatic rings. The molecule has 0 amide bonds. The van der Waals surface area contributed by atoms with Gasteiger partial charge in [-0.3, -0.25) is 0 Å². The lowest BCUT2D eigenvalue weighted by Gasteiger charge is -2.16. The molecule has 0 bridgehead atoms. The molecule has 8 heteroatoms. The number of hydrogen-bond acceptors (Lipinski definition) is 5. The van der Waals surface area contributed by atoms with E-state index in [0.29, 0.717) is 17.4 Å². The van der Waals surface area contributed by atoms with Crippen LogP contribution in [0.5, 0.6) is 5.75 Å². The first-order valence-corrected chi connectivity index (χ1v) is 12.6. The topological polar surface area (TPSA) is 73.6 Å². The van der Waals surface area contributed by atoms with Crippen molar-refractivity contribution in [2.24, 2.45) is 0 Å². The third-order valence-corrected chi connectivity index (χ3v) is 6.78. The van der Waals surface area contributed by atoms with Gasteiger partial charge in [0.2, 0.25) is 0 Å². The van der Waals surface area contributed by atoms with Crippen molar-refractivity contribution in [3.8, 4) is 5.75 Å². The summed E-state index contributed by atoms with van der Waals surface area (Å²) < 4.78 is 14.1. The molecular formula is C17H22N2O4SSi. The van der Waals surface area contributed by atoms with Crippen molar-refractivity contribution in [2.75, 3.05) is 13.7 Å². The van der Waals surface area contributed by atoms with E-state index in [4.69, 9.17) is 9.47 Å². The van der Waals surface area contributed by atoms with E-state index in [1.54, 1.807) is 19.5 Å². The number of carboxylic acids is 1. The van der Waals surface area contributed by atoms with Crippen molar-refractivity contribution in [2.45, 2.75) is 32.4 Å². The van der Waals surface area contributed by atoms with Crippen molar-refractivity contribution in [1.29, 1.82) is 0 Å². The second-order valence-corrected chi connectivity index (χ2v) is 13.9. The first-order valence-electron chi connectivity index (χ1n) is 8.06. The van der Waals surface area contributed by atoms with E-state index < -0.39 is 14.0 Å². The lowest BCUT2D eigenvalue weighted by Crippen LogP contribution is -2.22. The van der Waals surface area contributed by atoms with Crippen molar-refractivity contribution in [3.05, 3.63) is 23.3 Å². The predicted octanol–water partition coefficient (Wildman–Crippen LogP) is 4.27. The number of carbonyl (C=O) groups is 1. The molecule has 2 aromatic heterocycles. The van der Waals surface area contributed by atoms with Gasteiger partial charge in [-0.2, -0.15) is 0 Å². The van der Waals surface area contributed by atoms with E-state index in [2.05, 4.69) is 24.6 Å². The maximum Gasteiger partial charge on any atom is 0.345 e. The minimum atomic E-state index is -1.12. The van der Waals surface area contributed by atoms with Crippen LogP contribution >= 0.6 is 11.3 Å². The average molecular weight is 379 g/mol. The normalized spacial score (nSPS) is 12.2. The summed E-state index contributed by atoms with van der Waals surface area (Å²) in [5.41, 5.74) is 1.57. The monoisotopic (exact) mass is 378 g/mol. The van der Waals surface area contributed by atoms with Gasteiger partial charge in [-0.1, -0.05) is 19.6 Å². The number of fused-ring (bicyclic) bond motifs is 3. The number of hydrogen-bond donors (Lipinski definition) is 1. The third kappa shape index (κ3) is 3.70. The summed E-state index contributed by atoms with van der Waals surface area (Å²) in [6, 6.07) is 4.65. The molecule has 3 aromatic rings. The van der Waals surface area contributed by atoms with Gasteiger partial charge in [-0.25, -0.2) is 9.78 Å². The summed E-state index contributed by atoms with van der Waals surface area (Å²) in [5.74, 6) is -0.255. The lowest BCUT2D eigenvalue weighted by atomic mass is 10.2. The van der Waals surface area contributed by atoms with Crippen LogP contribution in [0.4, 0.5) is 0 Å². The van der Waals surface area contributed by atoms with E-state index in [9.17, 15) is 9.90 Å². The van der Waals surface area contributed by atoms with Crippen LogP contribution in [-0.2, 0) is 11.5 Å². The van der Waals surface area contributed by atoms with E-state index in [-0.39, 0.29) is 0 Å². The summed E-state index contributed by atoms with van der Waals surface area (Å²) in [6.07, 6.45) is 1.72. The molecule has 0 saturated carbocycles. The summed E-state index contributed by atoms with van der Waals surface area (Å²) in [6.45, 7) is 8.08. The zero-order valence-electron chi connectivity index (χ0n) is 14.8. The molecule has 25 heavy (non-hydrogen) atoms. The molecule has 0 aliphatic carbocycles. The summed E-state index contributed by atoms with van der Waals surface area (Å²) in [7, 11) is 0.483. The van der Waals surface area contributed by atoms with Gasteiger partial charge in [0.1, 0.15) is 28.4 Å². The highest BCUT2D eigenvalue weighted by atomic mass is 32.1. The Morgan fingerprint density at radius 1 is 1.36 bits per heavy atom. The molecule has 2 heterocycles. The molecule has 134 valence electrons. The van der Waals surface area contributed by atoms with Crippen molar-refractivity contribution >= 4 is 46.5 Å². The molecule has 1 aromatic carbocycles. The first-order chi connectivity index (χ1) is 11.8. The zero-order chi connectivity index (χ0) is 18.2. The van der Waals surface area contributed by atoms with E-state index in [1.165, 1.54) is 11.3 Å². The number of benzene rings is 1. The van der Waals surface area contributed by atoms with Crippen LogP contribution in [0.15, 0.2) is 18.5 Å². The molecule has 3 rings (SSSR count). The van der Waals surface area contributed by atoms with Crippen LogP contribution in [0.2, 0.25) is 25.7 Å². The largest absolute Gasteiger partial charge is 0.494 e. The van der Waals surface area contributed by atoms with Crippen molar-refractivity contribution < 1.29 is 19.4 Å². The second kappa shape index (κ2) is 6.78. The number of ether oxygens (including phenoxy) is 2. The van der Waals surface area contributed by atoms with E-state index in [1.807, 2.05) is 10.6 Å². The second-order valence-electron chi connectivity index (χ2n) is 7.17. The fraction of sp³-hybridized carbons (Fsp3) is 0.412. The van der Waals surface area contributed by atoms with Gasteiger partial charge in [0.15, 0.2) is 0 Å². The predicted molar refractivity (Wildman–Crippen MR) is 103 cm³/mol. The molecule has 0 saturated heterocycles. The highest BCUT2D eigenvalue weighted by Gasteiger charge is 2.18.